The number of halogens is 1. The van der Waals surface area contributed by atoms with Gasteiger partial charge in [0, 0.05) is 5.02 Å². The molecule has 2 aromatic carbocycles. The van der Waals surface area contributed by atoms with E-state index in [-0.39, 0.29) is 16.4 Å². The minimum absolute atomic E-state index is 0.219. The summed E-state index contributed by atoms with van der Waals surface area (Å²) in [4.78, 5) is 22.7. The lowest BCUT2D eigenvalue weighted by molar-refractivity contribution is -0.118. The number of amides is 2. The van der Waals surface area contributed by atoms with Gasteiger partial charge in [-0.2, -0.15) is 0 Å². The average molecular weight is 348 g/mol. The van der Waals surface area contributed by atoms with E-state index in [9.17, 15) is 9.59 Å². The van der Waals surface area contributed by atoms with Gasteiger partial charge in [-0.05, 0) is 41.8 Å². The molecule has 1 aliphatic heterocycles. The van der Waals surface area contributed by atoms with Gasteiger partial charge in [0.2, 0.25) is 5.91 Å². The number of carbonyl (C=O) groups excluding carboxylic acids is 2. The van der Waals surface area contributed by atoms with E-state index in [2.05, 4.69) is 5.32 Å². The highest BCUT2D eigenvalue weighted by molar-refractivity contribution is 8.15. The predicted octanol–water partition coefficient (Wildman–Crippen LogP) is 3.81. The Hall–Kier alpha value is -1.98. The van der Waals surface area contributed by atoms with E-state index < -0.39 is 0 Å². The second kappa shape index (κ2) is 7.06. The molecule has 0 bridgehead atoms. The number of imide groups is 1. The van der Waals surface area contributed by atoms with E-state index in [1.165, 1.54) is 0 Å². The maximum Gasteiger partial charge on any atom is 0.286 e. The number of carbonyl (C=O) groups is 2. The van der Waals surface area contributed by atoms with Gasteiger partial charge in [-0.3, -0.25) is 14.9 Å². The van der Waals surface area contributed by atoms with Gasteiger partial charge in [0.25, 0.3) is 5.24 Å². The molecule has 1 unspecified atom stereocenters. The molecule has 4 nitrogen and oxygen atoms in total. The Kier molecular flexibility index (Phi) is 4.88. The van der Waals surface area contributed by atoms with Gasteiger partial charge < -0.3 is 4.74 Å². The number of nitrogens with one attached hydrogen (secondary N) is 1. The van der Waals surface area contributed by atoms with Crippen LogP contribution in [0.3, 0.4) is 0 Å². The maximum absolute atomic E-state index is 11.6. The molecule has 3 rings (SSSR count). The molecule has 0 spiro atoms. The third kappa shape index (κ3) is 4.27. The first-order valence-electron chi connectivity index (χ1n) is 7.08. The molecule has 0 aliphatic carbocycles. The van der Waals surface area contributed by atoms with Crippen molar-refractivity contribution in [2.24, 2.45) is 0 Å². The molecule has 0 radical (unpaired) electrons. The Morgan fingerprint density at radius 3 is 2.26 bits per heavy atom. The summed E-state index contributed by atoms with van der Waals surface area (Å²) in [5.74, 6) is 0.534. The number of rotatable bonds is 5. The Morgan fingerprint density at radius 1 is 1.00 bits per heavy atom. The van der Waals surface area contributed by atoms with Crippen LogP contribution in [0.25, 0.3) is 0 Å². The van der Waals surface area contributed by atoms with Crippen LogP contribution in [0.5, 0.6) is 5.75 Å². The van der Waals surface area contributed by atoms with Crippen molar-refractivity contribution < 1.29 is 14.3 Å². The number of thioether (sulfide) groups is 1. The van der Waals surface area contributed by atoms with Crippen LogP contribution in [0.4, 0.5) is 4.79 Å². The van der Waals surface area contributed by atoms with Crippen LogP contribution in [0.1, 0.15) is 11.1 Å². The number of ether oxygens (including phenoxy) is 1. The molecule has 2 amide bonds. The molecule has 1 aliphatic rings. The largest absolute Gasteiger partial charge is 0.489 e. The van der Waals surface area contributed by atoms with Crippen molar-refractivity contribution >= 4 is 34.5 Å². The minimum atomic E-state index is -0.344. The first kappa shape index (κ1) is 15.9. The summed E-state index contributed by atoms with van der Waals surface area (Å²) in [6.45, 7) is 0.464. The van der Waals surface area contributed by atoms with E-state index in [1.54, 1.807) is 0 Å². The third-order valence-corrected chi connectivity index (χ3v) is 4.66. The van der Waals surface area contributed by atoms with Gasteiger partial charge >= 0.3 is 0 Å². The SMILES string of the molecule is O=C1NC(=O)C(Cc2ccc(OCc3ccc(Cl)cc3)cc2)S1. The highest BCUT2D eigenvalue weighted by Crippen LogP contribution is 2.24. The van der Waals surface area contributed by atoms with Gasteiger partial charge in [-0.1, -0.05) is 47.6 Å². The van der Waals surface area contributed by atoms with Gasteiger partial charge in [0.15, 0.2) is 0 Å². The molecule has 1 fully saturated rings. The fourth-order valence-corrected chi connectivity index (χ4v) is 3.20. The quantitative estimate of drug-likeness (QED) is 0.893. The van der Waals surface area contributed by atoms with Crippen LogP contribution in [0.15, 0.2) is 48.5 Å². The minimum Gasteiger partial charge on any atom is -0.489 e. The summed E-state index contributed by atoms with van der Waals surface area (Å²) in [6, 6.07) is 15.0. The standard InChI is InChI=1S/C17H14ClNO3S/c18-13-5-1-12(2-6-13)10-22-14-7-3-11(4-8-14)9-15-16(20)19-17(21)23-15/h1-8,15H,9-10H2,(H,19,20,21). The predicted molar refractivity (Wildman–Crippen MR) is 90.8 cm³/mol. The van der Waals surface area contributed by atoms with Crippen molar-refractivity contribution in [3.8, 4) is 5.75 Å². The van der Waals surface area contributed by atoms with Crippen molar-refractivity contribution in [1.82, 2.24) is 5.32 Å². The zero-order valence-electron chi connectivity index (χ0n) is 12.1. The van der Waals surface area contributed by atoms with Crippen LogP contribution < -0.4 is 10.1 Å². The monoisotopic (exact) mass is 347 g/mol. The Morgan fingerprint density at radius 2 is 1.65 bits per heavy atom. The molecule has 23 heavy (non-hydrogen) atoms. The lowest BCUT2D eigenvalue weighted by Gasteiger charge is -2.09. The Labute approximate surface area is 143 Å². The highest BCUT2D eigenvalue weighted by Gasteiger charge is 2.31. The molecule has 2 aromatic rings. The second-order valence-electron chi connectivity index (χ2n) is 5.15. The first-order chi connectivity index (χ1) is 11.1. The van der Waals surface area contributed by atoms with Crippen LogP contribution >= 0.6 is 23.4 Å². The molecule has 1 N–H and O–H groups in total. The molecule has 1 saturated heterocycles. The lowest BCUT2D eigenvalue weighted by Crippen LogP contribution is -2.25. The molecule has 0 saturated carbocycles. The average Bonchev–Trinajstić information content (AvgIpc) is 2.86. The summed E-state index contributed by atoms with van der Waals surface area (Å²) >= 11 is 6.88. The van der Waals surface area contributed by atoms with Gasteiger partial charge in [-0.25, -0.2) is 0 Å². The molecule has 6 heteroatoms. The second-order valence-corrected chi connectivity index (χ2v) is 6.76. The van der Waals surface area contributed by atoms with Crippen molar-refractivity contribution in [2.75, 3.05) is 0 Å². The Balaban J connectivity index is 1.55. The topological polar surface area (TPSA) is 55.4 Å². The lowest BCUT2D eigenvalue weighted by atomic mass is 10.1. The van der Waals surface area contributed by atoms with Gasteiger partial charge in [-0.15, -0.1) is 0 Å². The number of hydrogen-bond donors (Lipinski definition) is 1. The molecule has 118 valence electrons. The fourth-order valence-electron chi connectivity index (χ4n) is 2.21. The smallest absolute Gasteiger partial charge is 0.286 e. The maximum atomic E-state index is 11.6. The van der Waals surface area contributed by atoms with E-state index >= 15 is 0 Å². The molecule has 0 aromatic heterocycles. The Bertz CT molecular complexity index is 716. The summed E-state index contributed by atoms with van der Waals surface area (Å²) in [5.41, 5.74) is 2.03. The van der Waals surface area contributed by atoms with E-state index in [1.807, 2.05) is 48.5 Å². The summed E-state index contributed by atoms with van der Waals surface area (Å²) in [6.07, 6.45) is 0.527. The van der Waals surface area contributed by atoms with E-state index in [4.69, 9.17) is 16.3 Å². The van der Waals surface area contributed by atoms with Crippen LogP contribution in [-0.4, -0.2) is 16.4 Å². The van der Waals surface area contributed by atoms with Crippen molar-refractivity contribution in [1.29, 1.82) is 0 Å². The van der Waals surface area contributed by atoms with Crippen LogP contribution in [-0.2, 0) is 17.8 Å². The van der Waals surface area contributed by atoms with Crippen LogP contribution in [0, 0.1) is 0 Å². The van der Waals surface area contributed by atoms with E-state index in [0.717, 1.165) is 28.6 Å². The number of hydrogen-bond acceptors (Lipinski definition) is 4. The zero-order chi connectivity index (χ0) is 16.2. The van der Waals surface area contributed by atoms with Gasteiger partial charge in [0.1, 0.15) is 12.4 Å². The van der Waals surface area contributed by atoms with Crippen molar-refractivity contribution in [3.05, 3.63) is 64.7 Å². The summed E-state index contributed by atoms with van der Waals surface area (Å²) < 4.78 is 5.71. The molecular weight excluding hydrogens is 334 g/mol. The summed E-state index contributed by atoms with van der Waals surface area (Å²) in [5, 5.41) is 2.37. The van der Waals surface area contributed by atoms with Crippen LogP contribution in [0.2, 0.25) is 5.02 Å². The normalized spacial score (nSPS) is 17.2. The number of benzene rings is 2. The summed E-state index contributed by atoms with van der Waals surface area (Å²) in [7, 11) is 0. The molecule has 1 heterocycles. The highest BCUT2D eigenvalue weighted by atomic mass is 35.5. The van der Waals surface area contributed by atoms with E-state index in [0.29, 0.717) is 18.1 Å². The van der Waals surface area contributed by atoms with Crippen molar-refractivity contribution in [3.63, 3.8) is 0 Å². The molecule has 1 atom stereocenters. The molecular formula is C17H14ClNO3S. The van der Waals surface area contributed by atoms with Gasteiger partial charge in [0.05, 0.1) is 5.25 Å². The fraction of sp³-hybridized carbons (Fsp3) is 0.176. The van der Waals surface area contributed by atoms with Crippen molar-refractivity contribution in [2.45, 2.75) is 18.3 Å². The first-order valence-corrected chi connectivity index (χ1v) is 8.33. The third-order valence-electron chi connectivity index (χ3n) is 3.43. The zero-order valence-corrected chi connectivity index (χ0v) is 13.7.